The summed E-state index contributed by atoms with van der Waals surface area (Å²) in [6, 6.07) is 16.6. The SMILES string of the molecule is C[C@H](O)COC1c2ccccc2-c2ccccc21. The molecule has 0 heterocycles. The van der Waals surface area contributed by atoms with Gasteiger partial charge in [-0.3, -0.25) is 0 Å². The highest BCUT2D eigenvalue weighted by atomic mass is 16.5. The van der Waals surface area contributed by atoms with Gasteiger partial charge in [0.25, 0.3) is 0 Å². The zero-order chi connectivity index (χ0) is 12.5. The van der Waals surface area contributed by atoms with Crippen molar-refractivity contribution in [2.45, 2.75) is 19.1 Å². The fraction of sp³-hybridized carbons (Fsp3) is 0.250. The Labute approximate surface area is 107 Å². The van der Waals surface area contributed by atoms with Crippen LogP contribution in [0, 0.1) is 0 Å². The van der Waals surface area contributed by atoms with E-state index < -0.39 is 6.10 Å². The van der Waals surface area contributed by atoms with Crippen LogP contribution in [0.15, 0.2) is 48.5 Å². The number of benzene rings is 2. The van der Waals surface area contributed by atoms with Gasteiger partial charge in [0, 0.05) is 0 Å². The summed E-state index contributed by atoms with van der Waals surface area (Å²) in [7, 11) is 0. The van der Waals surface area contributed by atoms with E-state index in [0.717, 1.165) is 0 Å². The second-order valence-electron chi connectivity index (χ2n) is 4.74. The Hall–Kier alpha value is -1.64. The molecule has 0 radical (unpaired) electrons. The molecular formula is C16H16O2. The highest BCUT2D eigenvalue weighted by molar-refractivity contribution is 5.77. The van der Waals surface area contributed by atoms with Crippen LogP contribution in [-0.4, -0.2) is 17.8 Å². The van der Waals surface area contributed by atoms with Crippen molar-refractivity contribution in [1.29, 1.82) is 0 Å². The Morgan fingerprint density at radius 1 is 1.00 bits per heavy atom. The van der Waals surface area contributed by atoms with Gasteiger partial charge in [0.15, 0.2) is 0 Å². The molecule has 1 atom stereocenters. The standard InChI is InChI=1S/C16H16O2/c1-11(17)10-18-16-14-8-4-2-6-12(14)13-7-3-5-9-15(13)16/h2-9,11,16-17H,10H2,1H3/t11-/m0/s1. The van der Waals surface area contributed by atoms with Crippen molar-refractivity contribution in [2.24, 2.45) is 0 Å². The Kier molecular flexibility index (Phi) is 2.90. The van der Waals surface area contributed by atoms with Crippen molar-refractivity contribution >= 4 is 0 Å². The van der Waals surface area contributed by atoms with E-state index in [-0.39, 0.29) is 6.10 Å². The van der Waals surface area contributed by atoms with Gasteiger partial charge < -0.3 is 9.84 Å². The summed E-state index contributed by atoms with van der Waals surface area (Å²) in [5, 5.41) is 9.38. The first kappa shape index (κ1) is 11.5. The van der Waals surface area contributed by atoms with Crippen LogP contribution in [-0.2, 0) is 4.74 Å². The van der Waals surface area contributed by atoms with Gasteiger partial charge in [0.1, 0.15) is 6.10 Å². The number of aliphatic hydroxyl groups excluding tert-OH is 1. The van der Waals surface area contributed by atoms with E-state index in [1.54, 1.807) is 6.92 Å². The van der Waals surface area contributed by atoms with Crippen molar-refractivity contribution in [2.75, 3.05) is 6.61 Å². The first-order valence-corrected chi connectivity index (χ1v) is 6.25. The van der Waals surface area contributed by atoms with Gasteiger partial charge in [-0.25, -0.2) is 0 Å². The Morgan fingerprint density at radius 3 is 2.00 bits per heavy atom. The second kappa shape index (κ2) is 4.56. The summed E-state index contributed by atoms with van der Waals surface area (Å²) in [6.07, 6.45) is -0.489. The molecule has 0 bridgehead atoms. The molecule has 92 valence electrons. The molecule has 18 heavy (non-hydrogen) atoms. The summed E-state index contributed by atoms with van der Waals surface area (Å²) < 4.78 is 5.87. The highest BCUT2D eigenvalue weighted by Crippen LogP contribution is 2.44. The predicted octanol–water partition coefficient (Wildman–Crippen LogP) is 3.15. The average molecular weight is 240 g/mol. The molecule has 1 aliphatic rings. The van der Waals surface area contributed by atoms with Crippen LogP contribution in [0.1, 0.15) is 24.2 Å². The van der Waals surface area contributed by atoms with E-state index in [2.05, 4.69) is 24.3 Å². The molecule has 1 N–H and O–H groups in total. The summed E-state index contributed by atoms with van der Waals surface area (Å²) in [6.45, 7) is 2.10. The molecule has 0 unspecified atom stereocenters. The van der Waals surface area contributed by atoms with Crippen LogP contribution < -0.4 is 0 Å². The predicted molar refractivity (Wildman–Crippen MR) is 71.4 cm³/mol. The molecular weight excluding hydrogens is 224 g/mol. The molecule has 0 fully saturated rings. The van der Waals surface area contributed by atoms with Crippen LogP contribution in [0.2, 0.25) is 0 Å². The molecule has 0 spiro atoms. The number of hydrogen-bond donors (Lipinski definition) is 1. The molecule has 0 amide bonds. The van der Waals surface area contributed by atoms with E-state index in [0.29, 0.717) is 6.61 Å². The van der Waals surface area contributed by atoms with Gasteiger partial charge in [-0.15, -0.1) is 0 Å². The topological polar surface area (TPSA) is 29.5 Å². The van der Waals surface area contributed by atoms with Gasteiger partial charge in [0.05, 0.1) is 12.7 Å². The normalized spacial score (nSPS) is 15.2. The zero-order valence-corrected chi connectivity index (χ0v) is 10.3. The lowest BCUT2D eigenvalue weighted by molar-refractivity contribution is 0.0154. The first-order valence-electron chi connectivity index (χ1n) is 6.25. The molecule has 2 nitrogen and oxygen atoms in total. The fourth-order valence-electron chi connectivity index (χ4n) is 2.52. The smallest absolute Gasteiger partial charge is 0.109 e. The third-order valence-electron chi connectivity index (χ3n) is 3.28. The molecule has 0 aliphatic heterocycles. The van der Waals surface area contributed by atoms with E-state index in [4.69, 9.17) is 4.74 Å². The van der Waals surface area contributed by atoms with Crippen molar-refractivity contribution < 1.29 is 9.84 Å². The summed E-state index contributed by atoms with van der Waals surface area (Å²) in [5.74, 6) is 0. The monoisotopic (exact) mass is 240 g/mol. The average Bonchev–Trinajstić information content (AvgIpc) is 2.71. The number of hydrogen-bond acceptors (Lipinski definition) is 2. The minimum atomic E-state index is -0.440. The Bertz CT molecular complexity index is 515. The van der Waals surface area contributed by atoms with Gasteiger partial charge in [0.2, 0.25) is 0 Å². The van der Waals surface area contributed by atoms with Crippen LogP contribution in [0.5, 0.6) is 0 Å². The van der Waals surface area contributed by atoms with Crippen LogP contribution in [0.25, 0.3) is 11.1 Å². The maximum Gasteiger partial charge on any atom is 0.109 e. The summed E-state index contributed by atoms with van der Waals surface area (Å²) in [4.78, 5) is 0. The van der Waals surface area contributed by atoms with Gasteiger partial charge in [-0.1, -0.05) is 48.5 Å². The van der Waals surface area contributed by atoms with Gasteiger partial charge >= 0.3 is 0 Å². The lowest BCUT2D eigenvalue weighted by Crippen LogP contribution is -2.13. The highest BCUT2D eigenvalue weighted by Gasteiger charge is 2.28. The molecule has 1 aliphatic carbocycles. The van der Waals surface area contributed by atoms with Gasteiger partial charge in [-0.05, 0) is 29.2 Å². The molecule has 2 aromatic carbocycles. The van der Waals surface area contributed by atoms with Crippen molar-refractivity contribution in [3.05, 3.63) is 59.7 Å². The number of aliphatic hydroxyl groups is 1. The molecule has 0 saturated heterocycles. The van der Waals surface area contributed by atoms with E-state index >= 15 is 0 Å². The van der Waals surface area contributed by atoms with Crippen LogP contribution >= 0.6 is 0 Å². The summed E-state index contributed by atoms with van der Waals surface area (Å²) in [5.41, 5.74) is 4.87. The first-order chi connectivity index (χ1) is 8.77. The third-order valence-corrected chi connectivity index (χ3v) is 3.28. The van der Waals surface area contributed by atoms with Crippen molar-refractivity contribution in [3.63, 3.8) is 0 Å². The molecule has 0 aromatic heterocycles. The second-order valence-corrected chi connectivity index (χ2v) is 4.74. The Balaban J connectivity index is 2.03. The Morgan fingerprint density at radius 2 is 1.50 bits per heavy atom. The van der Waals surface area contributed by atoms with E-state index in [1.165, 1.54) is 22.3 Å². The lowest BCUT2D eigenvalue weighted by atomic mass is 10.1. The quantitative estimate of drug-likeness (QED) is 0.893. The van der Waals surface area contributed by atoms with Crippen LogP contribution in [0.3, 0.4) is 0 Å². The summed E-state index contributed by atoms with van der Waals surface area (Å²) >= 11 is 0. The number of ether oxygens (including phenoxy) is 1. The van der Waals surface area contributed by atoms with Crippen molar-refractivity contribution in [3.8, 4) is 11.1 Å². The molecule has 2 aromatic rings. The van der Waals surface area contributed by atoms with E-state index in [1.807, 2.05) is 24.3 Å². The minimum Gasteiger partial charge on any atom is -0.391 e. The van der Waals surface area contributed by atoms with Crippen molar-refractivity contribution in [1.82, 2.24) is 0 Å². The van der Waals surface area contributed by atoms with Crippen LogP contribution in [0.4, 0.5) is 0 Å². The van der Waals surface area contributed by atoms with Gasteiger partial charge in [-0.2, -0.15) is 0 Å². The number of rotatable bonds is 3. The maximum atomic E-state index is 9.38. The lowest BCUT2D eigenvalue weighted by Gasteiger charge is -2.16. The van der Waals surface area contributed by atoms with E-state index in [9.17, 15) is 5.11 Å². The minimum absolute atomic E-state index is 0.0491. The molecule has 2 heteroatoms. The number of fused-ring (bicyclic) bond motifs is 3. The zero-order valence-electron chi connectivity index (χ0n) is 10.3. The molecule has 3 rings (SSSR count). The fourth-order valence-corrected chi connectivity index (χ4v) is 2.52. The molecule has 0 saturated carbocycles. The third kappa shape index (κ3) is 1.84. The largest absolute Gasteiger partial charge is 0.391 e. The maximum absolute atomic E-state index is 9.38.